The van der Waals surface area contributed by atoms with Crippen LogP contribution in [-0.4, -0.2) is 32.7 Å². The molecule has 0 aliphatic heterocycles. The van der Waals surface area contributed by atoms with Crippen LogP contribution in [0.15, 0.2) is 10.2 Å². The highest BCUT2D eigenvalue weighted by Gasteiger charge is 2.25. The molecule has 8 heteroatoms. The molecule has 0 unspecified atom stereocenters. The molecule has 0 N–H and O–H groups in total. The Hall–Kier alpha value is -2.22. The van der Waals surface area contributed by atoms with E-state index < -0.39 is 11.8 Å². The first-order valence-electron chi connectivity index (χ1n) is 6.69. The zero-order valence-corrected chi connectivity index (χ0v) is 13.7. The fraction of sp³-hybridized carbons (Fsp3) is 0.429. The summed E-state index contributed by atoms with van der Waals surface area (Å²) in [6.45, 7) is 5.39. The maximum absolute atomic E-state index is 12.1. The van der Waals surface area contributed by atoms with Crippen molar-refractivity contribution in [1.82, 2.24) is 14.3 Å². The molecule has 0 saturated carbocycles. The van der Waals surface area contributed by atoms with Crippen LogP contribution in [0.3, 0.4) is 0 Å². The molecule has 7 nitrogen and oxygen atoms in total. The number of hydrogen-bond acceptors (Lipinski definition) is 6. The predicted octanol–water partition coefficient (Wildman–Crippen LogP) is 0.995. The van der Waals surface area contributed by atoms with E-state index in [4.69, 9.17) is 4.74 Å². The molecular weight excluding hydrogens is 306 g/mol. The third-order valence-corrected chi connectivity index (χ3v) is 4.33. The van der Waals surface area contributed by atoms with Crippen LogP contribution in [0.1, 0.15) is 27.4 Å². The van der Waals surface area contributed by atoms with Crippen LogP contribution in [0.5, 0.6) is 0 Å². The molecule has 0 aliphatic rings. The van der Waals surface area contributed by atoms with Gasteiger partial charge in [-0.1, -0.05) is 11.3 Å². The number of Topliss-reactive ketones (excluding diaryl/α,β-unsaturated/α-hetero) is 1. The van der Waals surface area contributed by atoms with Crippen LogP contribution in [0.4, 0.5) is 0 Å². The van der Waals surface area contributed by atoms with Gasteiger partial charge in [0.05, 0.1) is 17.8 Å². The van der Waals surface area contributed by atoms with Crippen molar-refractivity contribution in [2.24, 2.45) is 7.05 Å². The van der Waals surface area contributed by atoms with Crippen LogP contribution in [0.25, 0.3) is 0 Å². The Kier molecular flexibility index (Phi) is 4.60. The minimum absolute atomic E-state index is 0.0274. The summed E-state index contributed by atoms with van der Waals surface area (Å²) in [4.78, 5) is 35.4. The van der Waals surface area contributed by atoms with E-state index >= 15 is 0 Å². The molecule has 0 fully saturated rings. The van der Waals surface area contributed by atoms with Crippen LogP contribution in [0, 0.1) is 20.8 Å². The summed E-state index contributed by atoms with van der Waals surface area (Å²) in [5, 5.41) is 5.84. The van der Waals surface area contributed by atoms with E-state index in [0.717, 1.165) is 17.0 Å². The minimum atomic E-state index is -0.930. The topological polar surface area (TPSA) is 83.2 Å². The number of nitrogens with zero attached hydrogens (tertiary/aromatic N) is 3. The van der Waals surface area contributed by atoms with E-state index in [-0.39, 0.29) is 23.6 Å². The van der Waals surface area contributed by atoms with Gasteiger partial charge in [0, 0.05) is 23.8 Å². The van der Waals surface area contributed by atoms with Gasteiger partial charge in [-0.2, -0.15) is 5.10 Å². The molecule has 0 amide bonds. The van der Waals surface area contributed by atoms with Crippen molar-refractivity contribution < 1.29 is 14.3 Å². The highest BCUT2D eigenvalue weighted by atomic mass is 32.1. The molecule has 0 atom stereocenters. The zero-order valence-electron chi connectivity index (χ0n) is 12.9. The molecule has 2 aromatic heterocycles. The lowest BCUT2D eigenvalue weighted by Gasteiger charge is -2.06. The van der Waals surface area contributed by atoms with E-state index in [9.17, 15) is 14.4 Å². The van der Waals surface area contributed by atoms with Crippen molar-refractivity contribution in [1.29, 1.82) is 0 Å². The van der Waals surface area contributed by atoms with Crippen LogP contribution in [-0.2, 0) is 23.1 Å². The van der Waals surface area contributed by atoms with Crippen molar-refractivity contribution in [2.45, 2.75) is 27.3 Å². The Labute approximate surface area is 131 Å². The summed E-state index contributed by atoms with van der Waals surface area (Å²) in [5.74, 6) is -1.64. The number of ketones is 1. The largest absolute Gasteiger partial charge is 0.458 e. The first-order chi connectivity index (χ1) is 10.3. The van der Waals surface area contributed by atoms with Crippen LogP contribution in [0.2, 0.25) is 0 Å². The number of ether oxygens (including phenoxy) is 1. The standard InChI is InChI=1S/C14H17N3O4S/c1-8-7-22-14(20)17(8)5-6-21-13(19)12(18)11-9(2)15-16(4)10(11)3/h7H,5-6H2,1-4H3. The lowest BCUT2D eigenvalue weighted by atomic mass is 10.1. The highest BCUT2D eigenvalue weighted by molar-refractivity contribution is 7.07. The molecule has 2 rings (SSSR count). The minimum Gasteiger partial charge on any atom is -0.458 e. The summed E-state index contributed by atoms with van der Waals surface area (Å²) in [7, 11) is 1.70. The number of hydrogen-bond donors (Lipinski definition) is 0. The quantitative estimate of drug-likeness (QED) is 0.465. The molecule has 0 aromatic carbocycles. The fourth-order valence-corrected chi connectivity index (χ4v) is 2.94. The number of rotatable bonds is 5. The Morgan fingerprint density at radius 3 is 2.50 bits per heavy atom. The summed E-state index contributed by atoms with van der Waals surface area (Å²) in [5.41, 5.74) is 2.18. The second-order valence-electron chi connectivity index (χ2n) is 4.93. The van der Waals surface area contributed by atoms with Crippen molar-refractivity contribution in [3.8, 4) is 0 Å². The Morgan fingerprint density at radius 1 is 1.32 bits per heavy atom. The molecule has 0 bridgehead atoms. The first-order valence-corrected chi connectivity index (χ1v) is 7.57. The number of esters is 1. The van der Waals surface area contributed by atoms with Gasteiger partial charge in [0.15, 0.2) is 0 Å². The Bertz CT molecular complexity index is 785. The van der Waals surface area contributed by atoms with Gasteiger partial charge in [0.25, 0.3) is 5.78 Å². The van der Waals surface area contributed by atoms with Crippen molar-refractivity contribution in [3.05, 3.63) is 37.7 Å². The highest BCUT2D eigenvalue weighted by Crippen LogP contribution is 2.13. The molecule has 2 heterocycles. The van der Waals surface area contributed by atoms with Gasteiger partial charge in [0.1, 0.15) is 6.61 Å². The van der Waals surface area contributed by atoms with E-state index in [0.29, 0.717) is 11.4 Å². The van der Waals surface area contributed by atoms with Crippen LogP contribution < -0.4 is 4.87 Å². The van der Waals surface area contributed by atoms with Gasteiger partial charge < -0.3 is 4.74 Å². The molecule has 0 saturated heterocycles. The summed E-state index contributed by atoms with van der Waals surface area (Å²) in [6, 6.07) is 0. The van der Waals surface area contributed by atoms with Gasteiger partial charge in [-0.25, -0.2) is 4.79 Å². The van der Waals surface area contributed by atoms with E-state index in [2.05, 4.69) is 5.10 Å². The summed E-state index contributed by atoms with van der Waals surface area (Å²) in [6.07, 6.45) is 0. The maximum atomic E-state index is 12.1. The molecule has 118 valence electrons. The molecule has 0 radical (unpaired) electrons. The monoisotopic (exact) mass is 323 g/mol. The lowest BCUT2D eigenvalue weighted by Crippen LogP contribution is -2.23. The predicted molar refractivity (Wildman–Crippen MR) is 81.3 cm³/mol. The van der Waals surface area contributed by atoms with E-state index in [1.54, 1.807) is 37.9 Å². The number of carbonyl (C=O) groups is 2. The average Bonchev–Trinajstić information content (AvgIpc) is 2.90. The van der Waals surface area contributed by atoms with Crippen molar-refractivity contribution in [3.63, 3.8) is 0 Å². The van der Waals surface area contributed by atoms with E-state index in [1.165, 1.54) is 4.57 Å². The van der Waals surface area contributed by atoms with Crippen LogP contribution >= 0.6 is 11.3 Å². The Balaban J connectivity index is 2.01. The molecular formula is C14H17N3O4S. The SMILES string of the molecule is Cc1nn(C)c(C)c1C(=O)C(=O)OCCn1c(C)csc1=O. The van der Waals surface area contributed by atoms with Gasteiger partial charge in [-0.3, -0.25) is 18.8 Å². The summed E-state index contributed by atoms with van der Waals surface area (Å²) >= 11 is 1.09. The number of aryl methyl sites for hydroxylation is 3. The average molecular weight is 323 g/mol. The van der Waals surface area contributed by atoms with E-state index in [1.807, 2.05) is 0 Å². The molecule has 2 aromatic rings. The second-order valence-corrected chi connectivity index (χ2v) is 5.75. The van der Waals surface area contributed by atoms with Crippen molar-refractivity contribution >= 4 is 23.1 Å². The number of thiazole rings is 1. The molecule has 0 aliphatic carbocycles. The van der Waals surface area contributed by atoms with Crippen molar-refractivity contribution in [2.75, 3.05) is 6.61 Å². The third-order valence-electron chi connectivity index (χ3n) is 3.45. The lowest BCUT2D eigenvalue weighted by molar-refractivity contribution is -0.138. The van der Waals surface area contributed by atoms with Gasteiger partial charge in [0.2, 0.25) is 0 Å². The third kappa shape index (κ3) is 3.01. The van der Waals surface area contributed by atoms with Gasteiger partial charge >= 0.3 is 10.8 Å². The molecule has 0 spiro atoms. The summed E-state index contributed by atoms with van der Waals surface area (Å²) < 4.78 is 8.03. The normalized spacial score (nSPS) is 10.7. The number of aromatic nitrogens is 3. The van der Waals surface area contributed by atoms with Gasteiger partial charge in [-0.05, 0) is 20.8 Å². The number of carbonyl (C=O) groups excluding carboxylic acids is 2. The van der Waals surface area contributed by atoms with Gasteiger partial charge in [-0.15, -0.1) is 0 Å². The first kappa shape index (κ1) is 16.2. The smallest absolute Gasteiger partial charge is 0.379 e. The second kappa shape index (κ2) is 6.27. The molecule has 22 heavy (non-hydrogen) atoms. The zero-order chi connectivity index (χ0) is 16.4. The maximum Gasteiger partial charge on any atom is 0.379 e. The fourth-order valence-electron chi connectivity index (χ4n) is 2.17. The Morgan fingerprint density at radius 2 is 2.00 bits per heavy atom.